The van der Waals surface area contributed by atoms with Crippen molar-refractivity contribution in [2.24, 2.45) is 0 Å². The number of hydrogen-bond donors (Lipinski definition) is 0. The van der Waals surface area contributed by atoms with Crippen LogP contribution in [-0.4, -0.2) is 39.5 Å². The van der Waals surface area contributed by atoms with Crippen molar-refractivity contribution in [1.82, 2.24) is 4.90 Å². The van der Waals surface area contributed by atoms with Gasteiger partial charge in [0.25, 0.3) is 0 Å². The van der Waals surface area contributed by atoms with Crippen LogP contribution in [0.1, 0.15) is 5.56 Å². The monoisotopic (exact) mass is 455 g/mol. The number of nitriles is 1. The van der Waals surface area contributed by atoms with Crippen molar-refractivity contribution in [3.8, 4) is 6.07 Å². The Labute approximate surface area is 177 Å². The third-order valence-corrected chi connectivity index (χ3v) is 6.60. The van der Waals surface area contributed by atoms with Gasteiger partial charge < -0.3 is 9.80 Å². The number of benzene rings is 2. The average molecular weight is 456 g/mol. The van der Waals surface area contributed by atoms with E-state index in [1.165, 1.54) is 36.5 Å². The predicted molar refractivity (Wildman–Crippen MR) is 108 cm³/mol. The number of piperazine rings is 1. The Morgan fingerprint density at radius 1 is 1.07 bits per heavy atom. The van der Waals surface area contributed by atoms with Crippen LogP contribution in [-0.2, 0) is 16.0 Å². The molecule has 3 rings (SSSR count). The first-order valence-corrected chi connectivity index (χ1v) is 10.8. The molecule has 0 N–H and O–H groups in total. The lowest BCUT2D eigenvalue weighted by Gasteiger charge is -2.35. The summed E-state index contributed by atoms with van der Waals surface area (Å²) in [6.45, 7) is 1.49. The SMILES string of the molecule is N#C/C(=C\N1CCN(c2cccc(C(F)(F)F)c2)CC1)S(=O)(=O)c1ccc(Cl)cc1. The Morgan fingerprint density at radius 2 is 1.70 bits per heavy atom. The Bertz CT molecular complexity index is 1090. The van der Waals surface area contributed by atoms with E-state index in [0.717, 1.165) is 12.1 Å². The fourth-order valence-corrected chi connectivity index (χ4v) is 4.34. The van der Waals surface area contributed by atoms with Crippen LogP contribution in [0.5, 0.6) is 0 Å². The highest BCUT2D eigenvalue weighted by molar-refractivity contribution is 7.95. The molecule has 1 fully saturated rings. The summed E-state index contributed by atoms with van der Waals surface area (Å²) < 4.78 is 64.1. The lowest BCUT2D eigenvalue weighted by Crippen LogP contribution is -2.44. The van der Waals surface area contributed by atoms with Crippen LogP contribution in [0.4, 0.5) is 18.9 Å². The number of allylic oxidation sites excluding steroid dienone is 1. The first-order chi connectivity index (χ1) is 14.1. The van der Waals surface area contributed by atoms with Crippen molar-refractivity contribution in [1.29, 1.82) is 5.26 Å². The lowest BCUT2D eigenvalue weighted by molar-refractivity contribution is -0.137. The summed E-state index contributed by atoms with van der Waals surface area (Å²) in [5, 5.41) is 9.75. The first kappa shape index (κ1) is 22.0. The number of halogens is 4. The van der Waals surface area contributed by atoms with E-state index in [4.69, 9.17) is 11.6 Å². The van der Waals surface area contributed by atoms with Crippen molar-refractivity contribution < 1.29 is 21.6 Å². The van der Waals surface area contributed by atoms with Crippen molar-refractivity contribution in [2.75, 3.05) is 31.1 Å². The molecule has 1 aliphatic heterocycles. The third-order valence-electron chi connectivity index (χ3n) is 4.68. The fraction of sp³-hybridized carbons (Fsp3) is 0.250. The normalized spacial score (nSPS) is 15.8. The number of anilines is 1. The highest BCUT2D eigenvalue weighted by Crippen LogP contribution is 2.32. The highest BCUT2D eigenvalue weighted by atomic mass is 35.5. The number of hydrogen-bond acceptors (Lipinski definition) is 5. The van der Waals surface area contributed by atoms with Gasteiger partial charge in [-0.05, 0) is 42.5 Å². The summed E-state index contributed by atoms with van der Waals surface area (Å²) >= 11 is 5.78. The molecule has 0 radical (unpaired) electrons. The molecular formula is C20H17ClF3N3O2S. The van der Waals surface area contributed by atoms with Crippen LogP contribution >= 0.6 is 11.6 Å². The van der Waals surface area contributed by atoms with Gasteiger partial charge in [0.1, 0.15) is 6.07 Å². The van der Waals surface area contributed by atoms with Gasteiger partial charge in [-0.3, -0.25) is 0 Å². The van der Waals surface area contributed by atoms with E-state index in [1.54, 1.807) is 21.9 Å². The molecule has 0 saturated carbocycles. The standard InChI is InChI=1S/C20H17ClF3N3O2S/c21-16-4-6-18(7-5-16)30(28,29)19(13-25)14-26-8-10-27(11-9-26)17-3-1-2-15(12-17)20(22,23)24/h1-7,12,14H,8-11H2/b19-14+. The van der Waals surface area contributed by atoms with Gasteiger partial charge in [-0.1, -0.05) is 17.7 Å². The van der Waals surface area contributed by atoms with Crippen LogP contribution in [0.2, 0.25) is 5.02 Å². The largest absolute Gasteiger partial charge is 0.416 e. The average Bonchev–Trinajstić information content (AvgIpc) is 2.72. The zero-order valence-electron chi connectivity index (χ0n) is 15.6. The summed E-state index contributed by atoms with van der Waals surface area (Å²) in [6.07, 6.45) is -3.13. The Kier molecular flexibility index (Phi) is 6.29. The van der Waals surface area contributed by atoms with Gasteiger partial charge in [-0.15, -0.1) is 0 Å². The predicted octanol–water partition coefficient (Wildman–Crippen LogP) is 4.32. The van der Waals surface area contributed by atoms with E-state index in [-0.39, 0.29) is 4.90 Å². The molecular weight excluding hydrogens is 439 g/mol. The molecule has 2 aromatic carbocycles. The van der Waals surface area contributed by atoms with Crippen molar-refractivity contribution in [2.45, 2.75) is 11.1 Å². The molecule has 1 saturated heterocycles. The smallest absolute Gasteiger partial charge is 0.372 e. The van der Waals surface area contributed by atoms with Gasteiger partial charge in [0, 0.05) is 43.1 Å². The number of nitrogens with zero attached hydrogens (tertiary/aromatic N) is 3. The summed E-state index contributed by atoms with van der Waals surface area (Å²) in [5.41, 5.74) is -0.272. The van der Waals surface area contributed by atoms with Gasteiger partial charge in [0.2, 0.25) is 9.84 Å². The summed E-state index contributed by atoms with van der Waals surface area (Å²) in [6, 6.07) is 12.3. The van der Waals surface area contributed by atoms with Crippen molar-refractivity contribution in [3.63, 3.8) is 0 Å². The molecule has 2 aromatic rings. The van der Waals surface area contributed by atoms with E-state index in [0.29, 0.717) is 36.9 Å². The minimum Gasteiger partial charge on any atom is -0.372 e. The van der Waals surface area contributed by atoms with Gasteiger partial charge in [0.15, 0.2) is 4.91 Å². The van der Waals surface area contributed by atoms with Gasteiger partial charge in [0.05, 0.1) is 10.5 Å². The van der Waals surface area contributed by atoms with Gasteiger partial charge >= 0.3 is 6.18 Å². The minimum atomic E-state index is -4.42. The minimum absolute atomic E-state index is 0.0395. The molecule has 158 valence electrons. The molecule has 30 heavy (non-hydrogen) atoms. The maximum atomic E-state index is 12.9. The van der Waals surface area contributed by atoms with Gasteiger partial charge in [-0.25, -0.2) is 8.42 Å². The zero-order valence-corrected chi connectivity index (χ0v) is 17.2. The molecule has 0 unspecified atom stereocenters. The molecule has 1 aliphatic rings. The molecule has 0 aromatic heterocycles. The second-order valence-corrected chi connectivity index (χ2v) is 8.99. The highest BCUT2D eigenvalue weighted by Gasteiger charge is 2.31. The molecule has 0 bridgehead atoms. The van der Waals surface area contributed by atoms with E-state index in [1.807, 2.05) is 0 Å². The maximum absolute atomic E-state index is 12.9. The van der Waals surface area contributed by atoms with Crippen LogP contribution in [0.15, 0.2) is 64.5 Å². The Balaban J connectivity index is 1.73. The van der Waals surface area contributed by atoms with Gasteiger partial charge in [-0.2, -0.15) is 18.4 Å². The fourth-order valence-electron chi connectivity index (χ4n) is 3.05. The van der Waals surface area contributed by atoms with E-state index in [2.05, 4.69) is 0 Å². The molecule has 0 atom stereocenters. The topological polar surface area (TPSA) is 64.4 Å². The van der Waals surface area contributed by atoms with Crippen LogP contribution in [0, 0.1) is 11.3 Å². The zero-order chi connectivity index (χ0) is 21.9. The molecule has 0 spiro atoms. The molecule has 1 heterocycles. The number of alkyl halides is 3. The maximum Gasteiger partial charge on any atom is 0.416 e. The summed E-state index contributed by atoms with van der Waals surface area (Å²) in [5.74, 6) is 0. The van der Waals surface area contributed by atoms with Crippen molar-refractivity contribution >= 4 is 27.1 Å². The third kappa shape index (κ3) is 4.89. The van der Waals surface area contributed by atoms with E-state index >= 15 is 0 Å². The quantitative estimate of drug-likeness (QED) is 0.642. The Hall–Kier alpha value is -2.70. The van der Waals surface area contributed by atoms with Crippen molar-refractivity contribution in [3.05, 3.63) is 70.2 Å². The van der Waals surface area contributed by atoms with Crippen LogP contribution in [0.3, 0.4) is 0 Å². The van der Waals surface area contributed by atoms with Crippen LogP contribution < -0.4 is 4.90 Å². The molecule has 10 heteroatoms. The number of sulfone groups is 1. The van der Waals surface area contributed by atoms with Crippen LogP contribution in [0.25, 0.3) is 0 Å². The van der Waals surface area contributed by atoms with E-state index < -0.39 is 26.5 Å². The summed E-state index contributed by atoms with van der Waals surface area (Å²) in [7, 11) is -3.99. The second-order valence-electron chi connectivity index (χ2n) is 6.63. The first-order valence-electron chi connectivity index (χ1n) is 8.90. The Morgan fingerprint density at radius 3 is 2.27 bits per heavy atom. The lowest BCUT2D eigenvalue weighted by atomic mass is 10.1. The molecule has 0 amide bonds. The number of rotatable bonds is 4. The second kappa shape index (κ2) is 8.58. The van der Waals surface area contributed by atoms with E-state index in [9.17, 15) is 26.9 Å². The molecule has 5 nitrogen and oxygen atoms in total. The summed E-state index contributed by atoms with van der Waals surface area (Å²) in [4.78, 5) is 3.02. The molecule has 0 aliphatic carbocycles.